The van der Waals surface area contributed by atoms with Crippen molar-refractivity contribution in [3.8, 4) is 0 Å². The summed E-state index contributed by atoms with van der Waals surface area (Å²) in [4.78, 5) is 14.5. The first-order chi connectivity index (χ1) is 10.9. The van der Waals surface area contributed by atoms with Crippen molar-refractivity contribution in [1.82, 2.24) is 15.5 Å². The van der Waals surface area contributed by atoms with E-state index in [0.717, 1.165) is 36.3 Å². The molecule has 2 amide bonds. The van der Waals surface area contributed by atoms with Gasteiger partial charge in [0, 0.05) is 29.6 Å². The molecule has 0 saturated carbocycles. The zero-order valence-corrected chi connectivity index (χ0v) is 15.6. The lowest BCUT2D eigenvalue weighted by atomic mass is 10.0. The Hall–Kier alpha value is -1.11. The van der Waals surface area contributed by atoms with Crippen LogP contribution >= 0.6 is 15.9 Å². The van der Waals surface area contributed by atoms with E-state index in [1.165, 1.54) is 0 Å². The Morgan fingerprint density at radius 3 is 2.52 bits per heavy atom. The van der Waals surface area contributed by atoms with Gasteiger partial charge in [-0.15, -0.1) is 0 Å². The van der Waals surface area contributed by atoms with Gasteiger partial charge >= 0.3 is 6.03 Å². The topological polar surface area (TPSA) is 53.6 Å². The van der Waals surface area contributed by atoms with Gasteiger partial charge in [0.05, 0.1) is 19.3 Å². The van der Waals surface area contributed by atoms with E-state index in [0.29, 0.717) is 6.54 Å². The molecular formula is C17H26BrN3O2. The maximum absolute atomic E-state index is 12.1. The molecule has 1 aromatic rings. The van der Waals surface area contributed by atoms with Gasteiger partial charge in [-0.25, -0.2) is 4.79 Å². The summed E-state index contributed by atoms with van der Waals surface area (Å²) in [5.41, 5.74) is 0.998. The molecule has 0 aliphatic carbocycles. The van der Waals surface area contributed by atoms with Crippen LogP contribution in [0.5, 0.6) is 0 Å². The lowest BCUT2D eigenvalue weighted by Gasteiger charge is -2.40. The molecule has 6 heteroatoms. The number of rotatable bonds is 5. The van der Waals surface area contributed by atoms with Crippen LogP contribution in [-0.4, -0.2) is 49.3 Å². The number of amides is 2. The van der Waals surface area contributed by atoms with Crippen molar-refractivity contribution in [2.24, 2.45) is 0 Å². The van der Waals surface area contributed by atoms with Crippen LogP contribution < -0.4 is 10.6 Å². The number of carbonyl (C=O) groups is 1. The van der Waals surface area contributed by atoms with Gasteiger partial charge in [-0.1, -0.05) is 28.1 Å². The molecule has 1 atom stereocenters. The summed E-state index contributed by atoms with van der Waals surface area (Å²) in [7, 11) is 0. The number of halogens is 1. The van der Waals surface area contributed by atoms with E-state index in [4.69, 9.17) is 4.74 Å². The molecule has 0 radical (unpaired) electrons. The fourth-order valence-corrected chi connectivity index (χ4v) is 2.92. The number of hydrogen-bond donors (Lipinski definition) is 2. The normalized spacial score (nSPS) is 17.6. The first-order valence-corrected chi connectivity index (χ1v) is 8.80. The molecule has 2 N–H and O–H groups in total. The largest absolute Gasteiger partial charge is 0.379 e. The summed E-state index contributed by atoms with van der Waals surface area (Å²) in [5.74, 6) is 0. The molecule has 1 saturated heterocycles. The van der Waals surface area contributed by atoms with Gasteiger partial charge in [0.25, 0.3) is 0 Å². The minimum Gasteiger partial charge on any atom is -0.379 e. The molecule has 1 fully saturated rings. The summed E-state index contributed by atoms with van der Waals surface area (Å²) < 4.78 is 6.42. The zero-order chi connectivity index (χ0) is 16.9. The number of nitrogens with one attached hydrogen (secondary N) is 2. The van der Waals surface area contributed by atoms with Crippen molar-refractivity contribution in [3.05, 3.63) is 34.3 Å². The third-order valence-electron chi connectivity index (χ3n) is 4.27. The van der Waals surface area contributed by atoms with Crippen molar-refractivity contribution >= 4 is 22.0 Å². The highest BCUT2D eigenvalue weighted by Crippen LogP contribution is 2.17. The van der Waals surface area contributed by atoms with Crippen molar-refractivity contribution < 1.29 is 9.53 Å². The Labute approximate surface area is 146 Å². The van der Waals surface area contributed by atoms with Gasteiger partial charge in [0.1, 0.15) is 0 Å². The fourth-order valence-electron chi connectivity index (χ4n) is 2.66. The molecule has 128 valence electrons. The number of nitrogens with zero attached hydrogens (tertiary/aromatic N) is 1. The molecule has 1 aromatic carbocycles. The highest BCUT2D eigenvalue weighted by atomic mass is 79.9. The van der Waals surface area contributed by atoms with Crippen LogP contribution in [0.4, 0.5) is 4.79 Å². The van der Waals surface area contributed by atoms with E-state index >= 15 is 0 Å². The first kappa shape index (κ1) is 18.2. The lowest BCUT2D eigenvalue weighted by Crippen LogP contribution is -2.56. The first-order valence-electron chi connectivity index (χ1n) is 8.01. The van der Waals surface area contributed by atoms with Crippen molar-refractivity contribution in [2.45, 2.75) is 32.4 Å². The quantitative estimate of drug-likeness (QED) is 0.821. The average molecular weight is 384 g/mol. The minimum absolute atomic E-state index is 0.0328. The average Bonchev–Trinajstić information content (AvgIpc) is 2.54. The molecule has 1 aliphatic heterocycles. The van der Waals surface area contributed by atoms with Crippen LogP contribution in [0.15, 0.2) is 28.7 Å². The van der Waals surface area contributed by atoms with E-state index in [1.807, 2.05) is 31.2 Å². The molecule has 1 unspecified atom stereocenters. The van der Waals surface area contributed by atoms with Crippen molar-refractivity contribution in [1.29, 1.82) is 0 Å². The Bertz CT molecular complexity index is 513. The van der Waals surface area contributed by atoms with Crippen LogP contribution in [0.1, 0.15) is 32.4 Å². The molecule has 1 aliphatic rings. The molecule has 1 heterocycles. The zero-order valence-electron chi connectivity index (χ0n) is 14.1. The summed E-state index contributed by atoms with van der Waals surface area (Å²) in [6, 6.07) is 7.80. The molecular weight excluding hydrogens is 358 g/mol. The summed E-state index contributed by atoms with van der Waals surface area (Å²) in [6.07, 6.45) is 0. The van der Waals surface area contributed by atoms with Gasteiger partial charge in [-0.05, 0) is 38.5 Å². The van der Waals surface area contributed by atoms with Gasteiger partial charge in [-0.3, -0.25) is 4.90 Å². The second kappa shape index (κ2) is 8.13. The Morgan fingerprint density at radius 1 is 1.30 bits per heavy atom. The van der Waals surface area contributed by atoms with Gasteiger partial charge in [0.2, 0.25) is 0 Å². The van der Waals surface area contributed by atoms with Crippen LogP contribution in [-0.2, 0) is 4.74 Å². The van der Waals surface area contributed by atoms with Crippen LogP contribution in [0, 0.1) is 0 Å². The monoisotopic (exact) mass is 383 g/mol. The highest BCUT2D eigenvalue weighted by Gasteiger charge is 2.28. The second-order valence-electron chi connectivity index (χ2n) is 6.51. The fraction of sp³-hybridized carbons (Fsp3) is 0.588. The Balaban J connectivity index is 1.80. The summed E-state index contributed by atoms with van der Waals surface area (Å²) in [6.45, 7) is 10.2. The molecule has 0 aromatic heterocycles. The molecule has 2 rings (SSSR count). The molecule has 0 bridgehead atoms. The Morgan fingerprint density at radius 2 is 1.91 bits per heavy atom. The van der Waals surface area contributed by atoms with E-state index in [-0.39, 0.29) is 17.6 Å². The number of morpholine rings is 1. The van der Waals surface area contributed by atoms with Crippen molar-refractivity contribution in [2.75, 3.05) is 32.8 Å². The highest BCUT2D eigenvalue weighted by molar-refractivity contribution is 9.10. The van der Waals surface area contributed by atoms with Gasteiger partial charge < -0.3 is 15.4 Å². The molecule has 0 spiro atoms. The maximum atomic E-state index is 12.1. The predicted octanol–water partition coefficient (Wildman–Crippen LogP) is 2.92. The van der Waals surface area contributed by atoms with E-state index in [9.17, 15) is 4.79 Å². The Kier molecular flexibility index (Phi) is 6.44. The summed E-state index contributed by atoms with van der Waals surface area (Å²) >= 11 is 3.42. The lowest BCUT2D eigenvalue weighted by molar-refractivity contribution is -0.00876. The van der Waals surface area contributed by atoms with Crippen LogP contribution in [0.3, 0.4) is 0 Å². The van der Waals surface area contributed by atoms with Gasteiger partial charge in [-0.2, -0.15) is 0 Å². The molecule has 23 heavy (non-hydrogen) atoms. The van der Waals surface area contributed by atoms with Crippen molar-refractivity contribution in [3.63, 3.8) is 0 Å². The standard InChI is InChI=1S/C17H26BrN3O2/c1-13(14-4-6-15(18)7-5-14)20-16(22)19-12-17(2,3)21-8-10-23-11-9-21/h4-7,13H,8-12H2,1-3H3,(H2,19,20,22). The maximum Gasteiger partial charge on any atom is 0.315 e. The number of ether oxygens (including phenoxy) is 1. The second-order valence-corrected chi connectivity index (χ2v) is 7.43. The van der Waals surface area contributed by atoms with E-state index in [2.05, 4.69) is 45.3 Å². The number of urea groups is 1. The van der Waals surface area contributed by atoms with E-state index < -0.39 is 0 Å². The third kappa shape index (κ3) is 5.48. The molecule has 5 nitrogen and oxygen atoms in total. The number of carbonyl (C=O) groups excluding carboxylic acids is 1. The van der Waals surface area contributed by atoms with Gasteiger partial charge in [0.15, 0.2) is 0 Å². The minimum atomic E-state index is -0.137. The smallest absolute Gasteiger partial charge is 0.315 e. The third-order valence-corrected chi connectivity index (χ3v) is 4.79. The summed E-state index contributed by atoms with van der Waals surface area (Å²) in [5, 5.41) is 5.97. The number of hydrogen-bond acceptors (Lipinski definition) is 3. The SMILES string of the molecule is CC(NC(=O)NCC(C)(C)N1CCOCC1)c1ccc(Br)cc1. The van der Waals surface area contributed by atoms with E-state index in [1.54, 1.807) is 0 Å². The van der Waals surface area contributed by atoms with Crippen LogP contribution in [0.2, 0.25) is 0 Å². The number of benzene rings is 1. The van der Waals surface area contributed by atoms with Crippen LogP contribution in [0.25, 0.3) is 0 Å². The predicted molar refractivity (Wildman–Crippen MR) is 95.6 cm³/mol.